The molecular formula is C17H20ClN5O. The molecule has 0 saturated heterocycles. The summed E-state index contributed by atoms with van der Waals surface area (Å²) in [5, 5.41) is 20.5. The van der Waals surface area contributed by atoms with Crippen molar-refractivity contribution in [3.8, 4) is 11.8 Å². The molecule has 0 fully saturated rings. The van der Waals surface area contributed by atoms with Gasteiger partial charge in [-0.3, -0.25) is 4.79 Å². The van der Waals surface area contributed by atoms with Crippen molar-refractivity contribution in [2.75, 3.05) is 18.4 Å². The lowest BCUT2D eigenvalue weighted by Crippen LogP contribution is -2.25. The van der Waals surface area contributed by atoms with Crippen LogP contribution in [0.4, 0.5) is 5.82 Å². The minimum atomic E-state index is -0.347. The zero-order valence-electron chi connectivity index (χ0n) is 13.8. The molecule has 2 rings (SSSR count). The molecule has 0 atom stereocenters. The molecule has 0 radical (unpaired) electrons. The number of anilines is 1. The van der Waals surface area contributed by atoms with E-state index in [1.807, 2.05) is 13.8 Å². The molecule has 1 aromatic heterocycles. The smallest absolute Gasteiger partial charge is 0.273 e. The van der Waals surface area contributed by atoms with E-state index in [0.29, 0.717) is 23.9 Å². The maximum absolute atomic E-state index is 12.3. The number of benzene rings is 1. The Kier molecular flexibility index (Phi) is 6.21. The quantitative estimate of drug-likeness (QED) is 0.806. The summed E-state index contributed by atoms with van der Waals surface area (Å²) >= 11 is 5.93. The zero-order valence-corrected chi connectivity index (χ0v) is 14.5. The van der Waals surface area contributed by atoms with Crippen LogP contribution < -0.4 is 10.6 Å². The number of nitriles is 1. The fourth-order valence-electron chi connectivity index (χ4n) is 2.18. The van der Waals surface area contributed by atoms with E-state index in [-0.39, 0.29) is 17.2 Å². The van der Waals surface area contributed by atoms with Crippen LogP contribution in [-0.4, -0.2) is 28.8 Å². The summed E-state index contributed by atoms with van der Waals surface area (Å²) in [7, 11) is 0. The maximum Gasteiger partial charge on any atom is 0.273 e. The highest BCUT2D eigenvalue weighted by Crippen LogP contribution is 2.24. The molecular weight excluding hydrogens is 326 g/mol. The first kappa shape index (κ1) is 17.8. The van der Waals surface area contributed by atoms with Crippen LogP contribution in [0.5, 0.6) is 0 Å². The molecule has 1 amide bonds. The second kappa shape index (κ2) is 8.37. The van der Waals surface area contributed by atoms with E-state index in [1.165, 1.54) is 0 Å². The summed E-state index contributed by atoms with van der Waals surface area (Å²) in [4.78, 5) is 12.3. The van der Waals surface area contributed by atoms with E-state index in [2.05, 4.69) is 21.8 Å². The molecule has 126 valence electrons. The molecule has 24 heavy (non-hydrogen) atoms. The summed E-state index contributed by atoms with van der Waals surface area (Å²) in [6, 6.07) is 9.17. The lowest BCUT2D eigenvalue weighted by molar-refractivity contribution is 0.0948. The summed E-state index contributed by atoms with van der Waals surface area (Å²) in [6.07, 6.45) is 1.69. The SMILES string of the molecule is CCCNC(=O)c1nn(-c2ccc(Cl)cc2)c(NCCC)c1C#N. The number of hydrogen-bond acceptors (Lipinski definition) is 4. The van der Waals surface area contributed by atoms with Gasteiger partial charge in [-0.15, -0.1) is 0 Å². The van der Waals surface area contributed by atoms with Crippen LogP contribution in [0, 0.1) is 11.3 Å². The van der Waals surface area contributed by atoms with Gasteiger partial charge < -0.3 is 10.6 Å². The average Bonchev–Trinajstić information content (AvgIpc) is 2.97. The molecule has 0 spiro atoms. The van der Waals surface area contributed by atoms with Gasteiger partial charge in [0.15, 0.2) is 5.69 Å². The van der Waals surface area contributed by atoms with Crippen LogP contribution in [0.25, 0.3) is 5.69 Å². The molecule has 1 heterocycles. The Hall–Kier alpha value is -2.52. The first-order valence-electron chi connectivity index (χ1n) is 7.93. The van der Waals surface area contributed by atoms with Crippen molar-refractivity contribution in [1.29, 1.82) is 5.26 Å². The van der Waals surface area contributed by atoms with Gasteiger partial charge in [-0.05, 0) is 37.1 Å². The molecule has 2 aromatic rings. The number of aromatic nitrogens is 2. The number of carbonyl (C=O) groups excluding carboxylic acids is 1. The lowest BCUT2D eigenvalue weighted by Gasteiger charge is -2.09. The van der Waals surface area contributed by atoms with Gasteiger partial charge in [0.2, 0.25) is 0 Å². The third-order valence-corrected chi connectivity index (χ3v) is 3.61. The first-order chi connectivity index (χ1) is 11.6. The fraction of sp³-hybridized carbons (Fsp3) is 0.353. The number of nitrogens with one attached hydrogen (secondary N) is 2. The number of carbonyl (C=O) groups is 1. The molecule has 0 saturated carbocycles. The van der Waals surface area contributed by atoms with Gasteiger partial charge in [0, 0.05) is 18.1 Å². The molecule has 0 aliphatic heterocycles. The highest BCUT2D eigenvalue weighted by Gasteiger charge is 2.23. The van der Waals surface area contributed by atoms with Crippen molar-refractivity contribution < 1.29 is 4.79 Å². The van der Waals surface area contributed by atoms with Crippen LogP contribution >= 0.6 is 11.6 Å². The van der Waals surface area contributed by atoms with Gasteiger partial charge in [-0.25, -0.2) is 4.68 Å². The Morgan fingerprint density at radius 3 is 2.50 bits per heavy atom. The van der Waals surface area contributed by atoms with Crippen molar-refractivity contribution in [1.82, 2.24) is 15.1 Å². The summed E-state index contributed by atoms with van der Waals surface area (Å²) in [5.74, 6) is 0.170. The predicted molar refractivity (Wildman–Crippen MR) is 94.7 cm³/mol. The monoisotopic (exact) mass is 345 g/mol. The van der Waals surface area contributed by atoms with E-state index >= 15 is 0 Å². The Morgan fingerprint density at radius 2 is 1.92 bits per heavy atom. The van der Waals surface area contributed by atoms with E-state index in [0.717, 1.165) is 18.5 Å². The van der Waals surface area contributed by atoms with Gasteiger partial charge in [0.05, 0.1) is 5.69 Å². The van der Waals surface area contributed by atoms with E-state index < -0.39 is 0 Å². The van der Waals surface area contributed by atoms with Crippen LogP contribution in [-0.2, 0) is 0 Å². The summed E-state index contributed by atoms with van der Waals surface area (Å²) in [6.45, 7) is 5.20. The highest BCUT2D eigenvalue weighted by atomic mass is 35.5. The number of nitrogens with zero attached hydrogens (tertiary/aromatic N) is 3. The van der Waals surface area contributed by atoms with Gasteiger partial charge in [0.25, 0.3) is 5.91 Å². The third kappa shape index (κ3) is 3.87. The minimum absolute atomic E-state index is 0.125. The largest absolute Gasteiger partial charge is 0.369 e. The fourth-order valence-corrected chi connectivity index (χ4v) is 2.31. The molecule has 2 N–H and O–H groups in total. The van der Waals surface area contributed by atoms with Crippen LogP contribution in [0.2, 0.25) is 5.02 Å². The van der Waals surface area contributed by atoms with Crippen molar-refractivity contribution in [2.24, 2.45) is 0 Å². The molecule has 1 aromatic carbocycles. The van der Waals surface area contributed by atoms with E-state index in [4.69, 9.17) is 11.6 Å². The number of rotatable bonds is 7. The van der Waals surface area contributed by atoms with Crippen LogP contribution in [0.15, 0.2) is 24.3 Å². The summed E-state index contributed by atoms with van der Waals surface area (Å²) in [5.41, 5.74) is 1.09. The topological polar surface area (TPSA) is 82.7 Å². The van der Waals surface area contributed by atoms with Crippen molar-refractivity contribution in [3.63, 3.8) is 0 Å². The first-order valence-corrected chi connectivity index (χ1v) is 8.31. The van der Waals surface area contributed by atoms with Crippen LogP contribution in [0.3, 0.4) is 0 Å². The van der Waals surface area contributed by atoms with Gasteiger partial charge in [-0.2, -0.15) is 10.4 Å². The van der Waals surface area contributed by atoms with E-state index in [1.54, 1.807) is 28.9 Å². The Labute approximate surface area is 146 Å². The Morgan fingerprint density at radius 1 is 1.25 bits per heavy atom. The Bertz CT molecular complexity index is 746. The van der Waals surface area contributed by atoms with E-state index in [9.17, 15) is 10.1 Å². The predicted octanol–water partition coefficient (Wildman–Crippen LogP) is 3.36. The molecule has 7 heteroatoms. The highest BCUT2D eigenvalue weighted by molar-refractivity contribution is 6.30. The number of halogens is 1. The second-order valence-corrected chi connectivity index (χ2v) is 5.69. The van der Waals surface area contributed by atoms with Crippen LogP contribution in [0.1, 0.15) is 42.7 Å². The van der Waals surface area contributed by atoms with Crippen molar-refractivity contribution in [2.45, 2.75) is 26.7 Å². The second-order valence-electron chi connectivity index (χ2n) is 5.25. The average molecular weight is 346 g/mol. The Balaban J connectivity index is 2.51. The van der Waals surface area contributed by atoms with Gasteiger partial charge in [-0.1, -0.05) is 25.4 Å². The summed E-state index contributed by atoms with van der Waals surface area (Å²) < 4.78 is 1.57. The molecule has 0 unspecified atom stereocenters. The zero-order chi connectivity index (χ0) is 17.5. The molecule has 0 aliphatic rings. The standard InChI is InChI=1S/C17H20ClN5O/c1-3-9-20-16-14(11-19)15(17(24)21-10-4-2)22-23(16)13-7-5-12(18)6-8-13/h5-8,20H,3-4,9-10H2,1-2H3,(H,21,24). The van der Waals surface area contributed by atoms with Gasteiger partial charge >= 0.3 is 0 Å². The van der Waals surface area contributed by atoms with Crippen molar-refractivity contribution >= 4 is 23.3 Å². The van der Waals surface area contributed by atoms with Crippen molar-refractivity contribution in [3.05, 3.63) is 40.5 Å². The normalized spacial score (nSPS) is 10.2. The minimum Gasteiger partial charge on any atom is -0.369 e. The maximum atomic E-state index is 12.3. The lowest BCUT2D eigenvalue weighted by atomic mass is 10.2. The molecule has 0 bridgehead atoms. The van der Waals surface area contributed by atoms with Gasteiger partial charge in [0.1, 0.15) is 17.5 Å². The third-order valence-electron chi connectivity index (χ3n) is 3.36. The molecule has 6 nitrogen and oxygen atoms in total. The molecule has 0 aliphatic carbocycles. The number of amides is 1. The number of hydrogen-bond donors (Lipinski definition) is 2.